The Morgan fingerprint density at radius 2 is 2.29 bits per heavy atom. The fourth-order valence-electron chi connectivity index (χ4n) is 0.895. The topological polar surface area (TPSA) is 55.1 Å². The highest BCUT2D eigenvalue weighted by Crippen LogP contribution is 2.14. The summed E-state index contributed by atoms with van der Waals surface area (Å²) < 4.78 is 0. The van der Waals surface area contributed by atoms with Crippen LogP contribution in [0.25, 0.3) is 0 Å². The van der Waals surface area contributed by atoms with Crippen LogP contribution in [-0.4, -0.2) is 16.9 Å². The zero-order chi connectivity index (χ0) is 10.7. The fraction of sp³-hybridized carbons (Fsp3) is 0.333. The van der Waals surface area contributed by atoms with E-state index >= 15 is 0 Å². The molecular weight excluding hydrogens is 216 g/mol. The zero-order valence-corrected chi connectivity index (χ0v) is 9.67. The number of hydrogen-bond acceptors (Lipinski definition) is 3. The molecule has 5 heteroatoms. The fourth-order valence-corrected chi connectivity index (χ4v) is 1.73. The van der Waals surface area contributed by atoms with Gasteiger partial charge in [0.25, 0.3) is 5.91 Å². The first-order valence-corrected chi connectivity index (χ1v) is 5.40. The Morgan fingerprint density at radius 3 is 2.71 bits per heavy atom. The van der Waals surface area contributed by atoms with Crippen LogP contribution in [0.3, 0.4) is 0 Å². The number of thiophene rings is 1. The molecule has 1 unspecified atom stereocenters. The van der Waals surface area contributed by atoms with Crippen LogP contribution < -0.4 is 11.1 Å². The lowest BCUT2D eigenvalue weighted by atomic mass is 10.3. The normalized spacial score (nSPS) is 12.1. The van der Waals surface area contributed by atoms with Gasteiger partial charge in [0.2, 0.25) is 0 Å². The average molecular weight is 228 g/mol. The van der Waals surface area contributed by atoms with E-state index in [0.717, 1.165) is 4.88 Å². The Labute approximate surface area is 92.3 Å². The summed E-state index contributed by atoms with van der Waals surface area (Å²) in [6.45, 7) is 3.72. The molecule has 14 heavy (non-hydrogen) atoms. The smallest absolute Gasteiger partial charge is 0.261 e. The van der Waals surface area contributed by atoms with Crippen LogP contribution in [0.2, 0.25) is 0 Å². The van der Waals surface area contributed by atoms with Crippen molar-refractivity contribution in [1.82, 2.24) is 5.32 Å². The van der Waals surface area contributed by atoms with E-state index in [1.165, 1.54) is 11.3 Å². The maximum Gasteiger partial charge on any atom is 0.261 e. The molecule has 1 aromatic heterocycles. The number of nitrogens with two attached hydrogens (primary N) is 1. The number of amides is 1. The minimum absolute atomic E-state index is 0.122. The first kappa shape index (κ1) is 11.1. The van der Waals surface area contributed by atoms with E-state index in [9.17, 15) is 4.79 Å². The molecule has 0 aliphatic rings. The SMILES string of the molecule is Cc1ccc(C(=O)NC(C)C(N)=S)s1. The lowest BCUT2D eigenvalue weighted by Crippen LogP contribution is -2.40. The van der Waals surface area contributed by atoms with Crippen molar-refractivity contribution in [2.75, 3.05) is 0 Å². The van der Waals surface area contributed by atoms with Gasteiger partial charge in [-0.2, -0.15) is 0 Å². The first-order valence-electron chi connectivity index (χ1n) is 4.17. The summed E-state index contributed by atoms with van der Waals surface area (Å²) in [5, 5.41) is 2.71. The van der Waals surface area contributed by atoms with Gasteiger partial charge < -0.3 is 11.1 Å². The molecule has 1 amide bonds. The summed E-state index contributed by atoms with van der Waals surface area (Å²) in [7, 11) is 0. The highest BCUT2D eigenvalue weighted by Gasteiger charge is 2.12. The van der Waals surface area contributed by atoms with Crippen LogP contribution in [0.4, 0.5) is 0 Å². The molecule has 1 aromatic rings. The van der Waals surface area contributed by atoms with Crippen LogP contribution in [0.1, 0.15) is 21.5 Å². The zero-order valence-electron chi connectivity index (χ0n) is 8.03. The summed E-state index contributed by atoms with van der Waals surface area (Å²) >= 11 is 6.21. The molecule has 0 bridgehead atoms. The molecule has 0 radical (unpaired) electrons. The Hall–Kier alpha value is -0.940. The summed E-state index contributed by atoms with van der Waals surface area (Å²) in [5.41, 5.74) is 5.39. The number of carbonyl (C=O) groups excluding carboxylic acids is 1. The lowest BCUT2D eigenvalue weighted by molar-refractivity contribution is 0.0953. The molecule has 0 aromatic carbocycles. The van der Waals surface area contributed by atoms with E-state index in [4.69, 9.17) is 18.0 Å². The van der Waals surface area contributed by atoms with Crippen molar-refractivity contribution >= 4 is 34.5 Å². The molecule has 1 heterocycles. The number of thiocarbonyl (C=S) groups is 1. The second-order valence-corrected chi connectivity index (χ2v) is 4.77. The maximum atomic E-state index is 11.6. The van der Waals surface area contributed by atoms with Gasteiger partial charge >= 0.3 is 0 Å². The van der Waals surface area contributed by atoms with Crippen LogP contribution in [0.15, 0.2) is 12.1 Å². The van der Waals surface area contributed by atoms with E-state index in [2.05, 4.69) is 5.32 Å². The molecule has 1 atom stereocenters. The Kier molecular flexibility index (Phi) is 3.60. The maximum absolute atomic E-state index is 11.6. The average Bonchev–Trinajstić information content (AvgIpc) is 2.51. The molecule has 1 rings (SSSR count). The third kappa shape index (κ3) is 2.78. The number of rotatable bonds is 3. The number of hydrogen-bond donors (Lipinski definition) is 2. The summed E-state index contributed by atoms with van der Waals surface area (Å²) in [6, 6.07) is 3.44. The van der Waals surface area contributed by atoms with Crippen LogP contribution in [0, 0.1) is 6.92 Å². The van der Waals surface area contributed by atoms with E-state index in [1.807, 2.05) is 13.0 Å². The summed E-state index contributed by atoms with van der Waals surface area (Å²) in [5.74, 6) is -0.122. The standard InChI is InChI=1S/C9H12N2OS2/c1-5-3-4-7(14-5)9(12)11-6(2)8(10)13/h3-4,6H,1-2H3,(H2,10,13)(H,11,12). The quantitative estimate of drug-likeness (QED) is 0.770. The third-order valence-electron chi connectivity index (χ3n) is 1.74. The van der Waals surface area contributed by atoms with Gasteiger partial charge in [0.15, 0.2) is 0 Å². The van der Waals surface area contributed by atoms with Crippen molar-refractivity contribution in [1.29, 1.82) is 0 Å². The van der Waals surface area contributed by atoms with Gasteiger partial charge in [0.05, 0.1) is 15.9 Å². The lowest BCUT2D eigenvalue weighted by Gasteiger charge is -2.10. The van der Waals surface area contributed by atoms with Crippen LogP contribution in [-0.2, 0) is 0 Å². The predicted molar refractivity (Wildman–Crippen MR) is 62.8 cm³/mol. The van der Waals surface area contributed by atoms with Gasteiger partial charge in [0, 0.05) is 4.88 Å². The Balaban J connectivity index is 2.63. The molecule has 76 valence electrons. The van der Waals surface area contributed by atoms with Crippen molar-refractivity contribution in [3.63, 3.8) is 0 Å². The van der Waals surface area contributed by atoms with Crippen molar-refractivity contribution < 1.29 is 4.79 Å². The highest BCUT2D eigenvalue weighted by atomic mass is 32.1. The van der Waals surface area contributed by atoms with E-state index in [0.29, 0.717) is 9.87 Å². The minimum Gasteiger partial charge on any atom is -0.392 e. The van der Waals surface area contributed by atoms with E-state index in [1.54, 1.807) is 13.0 Å². The monoisotopic (exact) mass is 228 g/mol. The molecule has 0 saturated carbocycles. The van der Waals surface area contributed by atoms with Gasteiger partial charge in [-0.05, 0) is 26.0 Å². The molecule has 0 aliphatic carbocycles. The van der Waals surface area contributed by atoms with Crippen molar-refractivity contribution in [3.8, 4) is 0 Å². The predicted octanol–water partition coefficient (Wildman–Crippen LogP) is 1.46. The van der Waals surface area contributed by atoms with Crippen molar-refractivity contribution in [3.05, 3.63) is 21.9 Å². The number of carbonyl (C=O) groups is 1. The van der Waals surface area contributed by atoms with Crippen molar-refractivity contribution in [2.24, 2.45) is 5.73 Å². The number of nitrogens with one attached hydrogen (secondary N) is 1. The van der Waals surface area contributed by atoms with Gasteiger partial charge in [-0.3, -0.25) is 4.79 Å². The summed E-state index contributed by atoms with van der Waals surface area (Å²) in [4.78, 5) is 13.6. The van der Waals surface area contributed by atoms with Gasteiger partial charge in [0.1, 0.15) is 0 Å². The number of aryl methyl sites for hydroxylation is 1. The van der Waals surface area contributed by atoms with Crippen molar-refractivity contribution in [2.45, 2.75) is 19.9 Å². The Bertz CT molecular complexity index is 359. The molecule has 3 nitrogen and oxygen atoms in total. The molecule has 3 N–H and O–H groups in total. The Morgan fingerprint density at radius 1 is 1.64 bits per heavy atom. The van der Waals surface area contributed by atoms with E-state index < -0.39 is 0 Å². The molecule has 0 fully saturated rings. The van der Waals surface area contributed by atoms with Crippen LogP contribution >= 0.6 is 23.6 Å². The molecule has 0 saturated heterocycles. The van der Waals surface area contributed by atoms with Gasteiger partial charge in [-0.15, -0.1) is 11.3 Å². The summed E-state index contributed by atoms with van der Waals surface area (Å²) in [6.07, 6.45) is 0. The minimum atomic E-state index is -0.264. The second kappa shape index (κ2) is 4.52. The molecular formula is C9H12N2OS2. The second-order valence-electron chi connectivity index (χ2n) is 3.01. The molecule has 0 aliphatic heterocycles. The van der Waals surface area contributed by atoms with Crippen LogP contribution in [0.5, 0.6) is 0 Å². The van der Waals surface area contributed by atoms with Gasteiger partial charge in [-0.1, -0.05) is 12.2 Å². The first-order chi connectivity index (χ1) is 6.50. The highest BCUT2D eigenvalue weighted by molar-refractivity contribution is 7.80. The van der Waals surface area contributed by atoms with Gasteiger partial charge in [-0.25, -0.2) is 0 Å². The largest absolute Gasteiger partial charge is 0.392 e. The molecule has 0 spiro atoms. The third-order valence-corrected chi connectivity index (χ3v) is 3.09. The van der Waals surface area contributed by atoms with E-state index in [-0.39, 0.29) is 11.9 Å².